The highest BCUT2D eigenvalue weighted by molar-refractivity contribution is 7.94. The highest BCUT2D eigenvalue weighted by Crippen LogP contribution is 2.24. The van der Waals surface area contributed by atoms with Crippen molar-refractivity contribution in [3.63, 3.8) is 0 Å². The van der Waals surface area contributed by atoms with E-state index < -0.39 is 10.0 Å². The molecule has 1 aromatic heterocycles. The molecule has 0 aliphatic heterocycles. The third-order valence-electron chi connectivity index (χ3n) is 3.97. The molecule has 3 aromatic rings. The fourth-order valence-corrected chi connectivity index (χ4v) is 4.41. The number of aryl methyl sites for hydroxylation is 1. The van der Waals surface area contributed by atoms with Crippen LogP contribution in [0.15, 0.2) is 52.9 Å². The van der Waals surface area contributed by atoms with Crippen molar-refractivity contribution in [2.45, 2.75) is 31.0 Å². The van der Waals surface area contributed by atoms with Crippen LogP contribution in [0.5, 0.6) is 0 Å². The summed E-state index contributed by atoms with van der Waals surface area (Å²) in [6, 6.07) is 14.2. The molecule has 0 saturated heterocycles. The van der Waals surface area contributed by atoms with Gasteiger partial charge in [-0.3, -0.25) is 14.8 Å². The maximum Gasteiger partial charge on any atom is 0.291 e. The predicted molar refractivity (Wildman–Crippen MR) is 110 cm³/mol. The van der Waals surface area contributed by atoms with Crippen molar-refractivity contribution < 1.29 is 13.2 Å². The highest BCUT2D eigenvalue weighted by atomic mass is 32.2. The largest absolute Gasteiger partial charge is 0.296 e. The summed E-state index contributed by atoms with van der Waals surface area (Å²) in [5, 5.41) is 10.2. The fourth-order valence-electron chi connectivity index (χ4n) is 2.46. The molecule has 2 aromatic carbocycles. The van der Waals surface area contributed by atoms with Gasteiger partial charge in [0.2, 0.25) is 5.13 Å². The van der Waals surface area contributed by atoms with Crippen LogP contribution in [0.1, 0.15) is 41.3 Å². The molecule has 0 bridgehead atoms. The molecule has 28 heavy (non-hydrogen) atoms. The van der Waals surface area contributed by atoms with Gasteiger partial charge >= 0.3 is 0 Å². The number of hydrogen-bond acceptors (Lipinski definition) is 6. The predicted octanol–water partition coefficient (Wildman–Crippen LogP) is 4.02. The zero-order valence-electron chi connectivity index (χ0n) is 15.6. The van der Waals surface area contributed by atoms with Crippen molar-refractivity contribution in [1.29, 1.82) is 0 Å². The smallest absolute Gasteiger partial charge is 0.291 e. The lowest BCUT2D eigenvalue weighted by Gasteiger charge is -2.08. The molecule has 0 spiro atoms. The monoisotopic (exact) mass is 416 g/mol. The minimum Gasteiger partial charge on any atom is -0.296 e. The van der Waals surface area contributed by atoms with Gasteiger partial charge in [-0.15, -0.1) is 10.2 Å². The lowest BCUT2D eigenvalue weighted by molar-refractivity contribution is 0.102. The average molecular weight is 417 g/mol. The maximum atomic E-state index is 12.5. The van der Waals surface area contributed by atoms with E-state index in [-0.39, 0.29) is 15.4 Å². The Bertz CT molecular complexity index is 1090. The van der Waals surface area contributed by atoms with E-state index >= 15 is 0 Å². The van der Waals surface area contributed by atoms with Crippen LogP contribution in [0.2, 0.25) is 0 Å². The van der Waals surface area contributed by atoms with Crippen LogP contribution >= 0.6 is 11.3 Å². The second kappa shape index (κ2) is 8.07. The summed E-state index contributed by atoms with van der Waals surface area (Å²) in [5.41, 5.74) is 2.95. The third kappa shape index (κ3) is 4.73. The highest BCUT2D eigenvalue weighted by Gasteiger charge is 2.21. The topological polar surface area (TPSA) is 101 Å². The molecule has 1 heterocycles. The summed E-state index contributed by atoms with van der Waals surface area (Å²) < 4.78 is 27.3. The van der Waals surface area contributed by atoms with Crippen LogP contribution in [0, 0.1) is 6.92 Å². The number of rotatable bonds is 6. The molecule has 0 saturated carbocycles. The van der Waals surface area contributed by atoms with E-state index in [2.05, 4.69) is 34.1 Å². The Morgan fingerprint density at radius 3 is 2.43 bits per heavy atom. The molecular formula is C19H20N4O3S2. The molecule has 1 amide bonds. The lowest BCUT2D eigenvalue weighted by Crippen LogP contribution is -2.12. The van der Waals surface area contributed by atoms with E-state index in [1.54, 1.807) is 30.3 Å². The molecule has 0 aliphatic rings. The number of hydrogen-bond donors (Lipinski definition) is 2. The number of nitrogens with zero attached hydrogens (tertiary/aromatic N) is 2. The summed E-state index contributed by atoms with van der Waals surface area (Å²) in [6.07, 6.45) is 0. The number of anilines is 2. The summed E-state index contributed by atoms with van der Waals surface area (Å²) in [4.78, 5) is 12.3. The first kappa shape index (κ1) is 20.0. The first-order valence-electron chi connectivity index (χ1n) is 8.59. The van der Waals surface area contributed by atoms with Crippen LogP contribution in [0.25, 0.3) is 0 Å². The number of aromatic nitrogens is 2. The van der Waals surface area contributed by atoms with E-state index in [1.165, 1.54) is 0 Å². The van der Waals surface area contributed by atoms with Crippen molar-refractivity contribution in [1.82, 2.24) is 10.2 Å². The number of sulfonamides is 1. The Labute approximate surface area is 167 Å². The average Bonchev–Trinajstić information content (AvgIpc) is 3.11. The quantitative estimate of drug-likeness (QED) is 0.591. The molecule has 2 N–H and O–H groups in total. The van der Waals surface area contributed by atoms with Gasteiger partial charge in [0.1, 0.15) is 0 Å². The summed E-state index contributed by atoms with van der Waals surface area (Å²) in [7, 11) is -3.89. The molecule has 0 fully saturated rings. The molecule has 0 atom stereocenters. The lowest BCUT2D eigenvalue weighted by atomic mass is 10.0. The Hall–Kier alpha value is -2.78. The van der Waals surface area contributed by atoms with Crippen molar-refractivity contribution in [3.05, 3.63) is 65.2 Å². The van der Waals surface area contributed by atoms with Gasteiger partial charge in [0.05, 0.1) is 0 Å². The van der Waals surface area contributed by atoms with Gasteiger partial charge in [0.15, 0.2) is 0 Å². The normalized spacial score (nSPS) is 11.4. The minimum absolute atomic E-state index is 0.113. The molecule has 0 unspecified atom stereocenters. The number of benzene rings is 2. The molecule has 3 rings (SSSR count). The van der Waals surface area contributed by atoms with Crippen LogP contribution in [0.3, 0.4) is 0 Å². The molecular weight excluding hydrogens is 396 g/mol. The second-order valence-corrected chi connectivity index (χ2v) is 9.41. The Morgan fingerprint density at radius 1 is 1.07 bits per heavy atom. The van der Waals surface area contributed by atoms with E-state index in [0.29, 0.717) is 17.2 Å². The van der Waals surface area contributed by atoms with Gasteiger partial charge in [0.25, 0.3) is 20.3 Å². The zero-order valence-corrected chi connectivity index (χ0v) is 17.3. The van der Waals surface area contributed by atoms with E-state index in [9.17, 15) is 13.2 Å². The fraction of sp³-hybridized carbons (Fsp3) is 0.211. The number of carbonyl (C=O) groups excluding carboxylic acids is 1. The number of nitrogens with one attached hydrogen (secondary N) is 2. The molecule has 9 heteroatoms. The number of carbonyl (C=O) groups is 1. The van der Waals surface area contributed by atoms with Crippen LogP contribution in [0.4, 0.5) is 10.8 Å². The molecule has 0 aliphatic carbocycles. The van der Waals surface area contributed by atoms with Gasteiger partial charge in [0, 0.05) is 11.3 Å². The van der Waals surface area contributed by atoms with E-state index in [4.69, 9.17) is 0 Å². The van der Waals surface area contributed by atoms with Crippen molar-refractivity contribution >= 4 is 38.1 Å². The van der Waals surface area contributed by atoms with Gasteiger partial charge in [-0.25, -0.2) is 0 Å². The summed E-state index contributed by atoms with van der Waals surface area (Å²) in [6.45, 7) is 6.01. The van der Waals surface area contributed by atoms with E-state index in [0.717, 1.165) is 22.5 Å². The minimum atomic E-state index is -3.89. The molecule has 7 nitrogen and oxygen atoms in total. The molecule has 0 radical (unpaired) electrons. The second-order valence-electron chi connectivity index (χ2n) is 6.58. The van der Waals surface area contributed by atoms with Crippen LogP contribution in [-0.2, 0) is 10.0 Å². The van der Waals surface area contributed by atoms with E-state index in [1.807, 2.05) is 25.1 Å². The molecule has 146 valence electrons. The third-order valence-corrected chi connectivity index (χ3v) is 6.55. The van der Waals surface area contributed by atoms with Gasteiger partial charge in [-0.05, 0) is 42.7 Å². The zero-order chi connectivity index (χ0) is 20.3. The summed E-state index contributed by atoms with van der Waals surface area (Å²) >= 11 is 0.790. The maximum absolute atomic E-state index is 12.5. The Kier molecular flexibility index (Phi) is 5.76. The van der Waals surface area contributed by atoms with Gasteiger partial charge < -0.3 is 0 Å². The number of amides is 1. The van der Waals surface area contributed by atoms with Crippen LogP contribution in [-0.4, -0.2) is 24.5 Å². The Morgan fingerprint density at radius 2 is 1.79 bits per heavy atom. The van der Waals surface area contributed by atoms with Gasteiger partial charge in [-0.2, -0.15) is 8.42 Å². The van der Waals surface area contributed by atoms with Crippen molar-refractivity contribution in [3.8, 4) is 0 Å². The first-order valence-corrected chi connectivity index (χ1v) is 10.9. The SMILES string of the molecule is Cc1cccc(C(=O)Nc2nnc(S(=O)(=O)Nc3ccc(C(C)C)cc3)s2)c1. The van der Waals surface area contributed by atoms with Crippen LogP contribution < -0.4 is 10.0 Å². The Balaban J connectivity index is 1.72. The van der Waals surface area contributed by atoms with Gasteiger partial charge in [-0.1, -0.05) is 55.0 Å². The van der Waals surface area contributed by atoms with Crippen molar-refractivity contribution in [2.75, 3.05) is 10.0 Å². The van der Waals surface area contributed by atoms with Crippen molar-refractivity contribution in [2.24, 2.45) is 0 Å². The first-order chi connectivity index (χ1) is 13.2. The standard InChI is InChI=1S/C19H20N4O3S2/c1-12(2)14-7-9-16(10-8-14)23-28(25,26)19-22-21-18(27-19)20-17(24)15-6-4-5-13(3)11-15/h4-12,23H,1-3H3,(H,20,21,24). The summed E-state index contributed by atoms with van der Waals surface area (Å²) in [5.74, 6) is -0.0191.